The van der Waals surface area contributed by atoms with Gasteiger partial charge in [0.1, 0.15) is 0 Å². The first-order valence-electron chi connectivity index (χ1n) is 8.85. The molecule has 0 heterocycles. The molecule has 0 saturated carbocycles. The Morgan fingerprint density at radius 1 is 0.700 bits per heavy atom. The first-order chi connectivity index (χ1) is 9.72. The summed E-state index contributed by atoms with van der Waals surface area (Å²) in [7, 11) is 0. The maximum atomic E-state index is 11.0. The molecule has 3 nitrogen and oxygen atoms in total. The average Bonchev–Trinajstić information content (AvgIpc) is 2.43. The van der Waals surface area contributed by atoms with Crippen LogP contribution in [0.1, 0.15) is 104 Å². The molecule has 0 aliphatic heterocycles. The van der Waals surface area contributed by atoms with E-state index in [9.17, 15) is 10.1 Å². The molecule has 0 aromatic rings. The summed E-state index contributed by atoms with van der Waals surface area (Å²) in [6, 6.07) is -0.285. The van der Waals surface area contributed by atoms with E-state index in [4.69, 9.17) is 0 Å². The number of nitro groups is 1. The molecule has 0 rings (SSSR count). The maximum Gasteiger partial charge on any atom is 0.213 e. The molecule has 120 valence electrons. The quantitative estimate of drug-likeness (QED) is 0.206. The topological polar surface area (TPSA) is 43.1 Å². The molecule has 0 atom stereocenters. The van der Waals surface area contributed by atoms with Gasteiger partial charge in [-0.1, -0.05) is 78.1 Å². The Labute approximate surface area is 125 Å². The van der Waals surface area contributed by atoms with Crippen LogP contribution in [0.4, 0.5) is 0 Å². The highest BCUT2D eigenvalue weighted by molar-refractivity contribution is 4.59. The van der Waals surface area contributed by atoms with Crippen LogP contribution in [0, 0.1) is 10.1 Å². The van der Waals surface area contributed by atoms with E-state index < -0.39 is 0 Å². The van der Waals surface area contributed by atoms with E-state index in [0.29, 0.717) is 0 Å². The highest BCUT2D eigenvalue weighted by Gasteiger charge is 2.18. The van der Waals surface area contributed by atoms with Crippen LogP contribution in [0.2, 0.25) is 0 Å². The Kier molecular flexibility index (Phi) is 14.4. The summed E-state index contributed by atoms with van der Waals surface area (Å²) in [6.45, 7) is 4.42. The van der Waals surface area contributed by atoms with Gasteiger partial charge in [-0.05, 0) is 12.8 Å². The summed E-state index contributed by atoms with van der Waals surface area (Å²) in [5.74, 6) is 0. The Hall–Kier alpha value is -0.600. The van der Waals surface area contributed by atoms with Crippen LogP contribution in [0.3, 0.4) is 0 Å². The summed E-state index contributed by atoms with van der Waals surface area (Å²) in [6.07, 6.45) is 16.2. The molecular formula is C17H35NO2. The predicted molar refractivity (Wildman–Crippen MR) is 86.8 cm³/mol. The van der Waals surface area contributed by atoms with Crippen LogP contribution in [0.25, 0.3) is 0 Å². The van der Waals surface area contributed by atoms with Gasteiger partial charge in [-0.3, -0.25) is 10.1 Å². The van der Waals surface area contributed by atoms with Gasteiger partial charge in [0.15, 0.2) is 0 Å². The summed E-state index contributed by atoms with van der Waals surface area (Å²) < 4.78 is 0. The molecule has 0 aromatic heterocycles. The minimum Gasteiger partial charge on any atom is -0.264 e. The van der Waals surface area contributed by atoms with Crippen molar-refractivity contribution in [1.82, 2.24) is 0 Å². The second kappa shape index (κ2) is 14.8. The van der Waals surface area contributed by atoms with Gasteiger partial charge in [0.2, 0.25) is 6.04 Å². The number of hydrogen-bond acceptors (Lipinski definition) is 2. The fourth-order valence-corrected chi connectivity index (χ4v) is 2.68. The zero-order valence-corrected chi connectivity index (χ0v) is 13.7. The zero-order chi connectivity index (χ0) is 15.1. The molecule has 0 unspecified atom stereocenters. The van der Waals surface area contributed by atoms with Crippen molar-refractivity contribution in [3.8, 4) is 0 Å². The lowest BCUT2D eigenvalue weighted by atomic mass is 10.0. The van der Waals surface area contributed by atoms with Crippen molar-refractivity contribution < 1.29 is 4.92 Å². The molecule has 3 heteroatoms. The van der Waals surface area contributed by atoms with Gasteiger partial charge in [0.05, 0.1) is 0 Å². The van der Waals surface area contributed by atoms with Gasteiger partial charge >= 0.3 is 0 Å². The largest absolute Gasteiger partial charge is 0.264 e. The molecule has 0 aromatic carbocycles. The van der Waals surface area contributed by atoms with E-state index in [2.05, 4.69) is 13.8 Å². The lowest BCUT2D eigenvalue weighted by molar-refractivity contribution is -0.524. The Bertz CT molecular complexity index is 203. The van der Waals surface area contributed by atoms with Crippen LogP contribution >= 0.6 is 0 Å². The van der Waals surface area contributed by atoms with Gasteiger partial charge in [-0.2, -0.15) is 0 Å². The van der Waals surface area contributed by atoms with Crippen molar-refractivity contribution in [3.63, 3.8) is 0 Å². The molecule has 20 heavy (non-hydrogen) atoms. The molecule has 0 N–H and O–H groups in total. The van der Waals surface area contributed by atoms with Crippen LogP contribution in [0.15, 0.2) is 0 Å². The first-order valence-corrected chi connectivity index (χ1v) is 8.85. The highest BCUT2D eigenvalue weighted by Crippen LogP contribution is 2.16. The summed E-state index contributed by atoms with van der Waals surface area (Å²) >= 11 is 0. The lowest BCUT2D eigenvalue weighted by Gasteiger charge is -2.09. The number of rotatable bonds is 15. The predicted octanol–water partition coefficient (Wildman–Crippen LogP) is 6.13. The Balaban J connectivity index is 3.53. The van der Waals surface area contributed by atoms with E-state index in [1.165, 1.54) is 64.2 Å². The normalized spacial score (nSPS) is 11.2. The standard InChI is InChI=1S/C17H35NO2/c1-3-5-7-9-11-13-15-17(18(19)20)16-14-12-10-8-6-4-2/h17H,3-16H2,1-2H3. The van der Waals surface area contributed by atoms with E-state index in [1.54, 1.807) is 0 Å². The van der Waals surface area contributed by atoms with Crippen molar-refractivity contribution >= 4 is 0 Å². The molecule has 0 spiro atoms. The second-order valence-corrected chi connectivity index (χ2v) is 6.05. The number of unbranched alkanes of at least 4 members (excludes halogenated alkanes) is 10. The third-order valence-electron chi connectivity index (χ3n) is 4.08. The summed E-state index contributed by atoms with van der Waals surface area (Å²) in [5.41, 5.74) is 0. The molecule has 0 saturated heterocycles. The summed E-state index contributed by atoms with van der Waals surface area (Å²) in [5, 5.41) is 11.0. The smallest absolute Gasteiger partial charge is 0.213 e. The SMILES string of the molecule is CCCCCCCCC(CCCCCCCC)[N+](=O)[O-]. The average molecular weight is 285 g/mol. The molecule has 0 radical (unpaired) electrons. The number of nitrogens with zero attached hydrogens (tertiary/aromatic N) is 1. The Morgan fingerprint density at radius 3 is 1.40 bits per heavy atom. The minimum atomic E-state index is -0.285. The zero-order valence-electron chi connectivity index (χ0n) is 13.7. The molecule has 0 amide bonds. The van der Waals surface area contributed by atoms with Crippen molar-refractivity contribution in [1.29, 1.82) is 0 Å². The van der Waals surface area contributed by atoms with Crippen molar-refractivity contribution in [2.75, 3.05) is 0 Å². The van der Waals surface area contributed by atoms with Crippen molar-refractivity contribution in [3.05, 3.63) is 10.1 Å². The van der Waals surface area contributed by atoms with Crippen LogP contribution in [0.5, 0.6) is 0 Å². The summed E-state index contributed by atoms with van der Waals surface area (Å²) in [4.78, 5) is 11.0. The maximum absolute atomic E-state index is 11.0. The van der Waals surface area contributed by atoms with Crippen molar-refractivity contribution in [2.24, 2.45) is 0 Å². The third-order valence-corrected chi connectivity index (χ3v) is 4.08. The molecular weight excluding hydrogens is 250 g/mol. The van der Waals surface area contributed by atoms with Gasteiger partial charge in [-0.25, -0.2) is 0 Å². The van der Waals surface area contributed by atoms with E-state index in [1.807, 2.05) is 0 Å². The van der Waals surface area contributed by atoms with E-state index >= 15 is 0 Å². The van der Waals surface area contributed by atoms with E-state index in [0.717, 1.165) is 25.7 Å². The fourth-order valence-electron chi connectivity index (χ4n) is 2.68. The highest BCUT2D eigenvalue weighted by atomic mass is 16.6. The van der Waals surface area contributed by atoms with Crippen molar-refractivity contribution in [2.45, 2.75) is 110 Å². The molecule has 0 aliphatic carbocycles. The molecule has 0 fully saturated rings. The molecule has 0 bridgehead atoms. The second-order valence-electron chi connectivity index (χ2n) is 6.05. The van der Waals surface area contributed by atoms with Gasteiger partial charge in [0.25, 0.3) is 0 Å². The van der Waals surface area contributed by atoms with Crippen LogP contribution in [-0.4, -0.2) is 11.0 Å². The molecule has 0 aliphatic rings. The monoisotopic (exact) mass is 285 g/mol. The number of hydrogen-bond donors (Lipinski definition) is 0. The van der Waals surface area contributed by atoms with Crippen LogP contribution in [-0.2, 0) is 0 Å². The van der Waals surface area contributed by atoms with E-state index in [-0.39, 0.29) is 11.0 Å². The minimum absolute atomic E-state index is 0.0436. The van der Waals surface area contributed by atoms with Crippen LogP contribution < -0.4 is 0 Å². The Morgan fingerprint density at radius 2 is 1.05 bits per heavy atom. The van der Waals surface area contributed by atoms with Gasteiger partial charge in [-0.15, -0.1) is 0 Å². The fraction of sp³-hybridized carbons (Fsp3) is 1.00. The van der Waals surface area contributed by atoms with Gasteiger partial charge in [0, 0.05) is 17.8 Å². The lowest BCUT2D eigenvalue weighted by Crippen LogP contribution is -2.19. The van der Waals surface area contributed by atoms with Gasteiger partial charge < -0.3 is 0 Å². The third kappa shape index (κ3) is 12.4. The first kappa shape index (κ1) is 19.4.